The number of H-pyrrole nitrogens is 1. The van der Waals surface area contributed by atoms with Gasteiger partial charge in [0.1, 0.15) is 5.75 Å². The zero-order chi connectivity index (χ0) is 10.8. The van der Waals surface area contributed by atoms with Gasteiger partial charge in [-0.05, 0) is 31.5 Å². The van der Waals surface area contributed by atoms with Crippen LogP contribution >= 0.6 is 0 Å². The quantitative estimate of drug-likeness (QED) is 0.736. The first-order chi connectivity index (χ1) is 7.13. The van der Waals surface area contributed by atoms with E-state index in [9.17, 15) is 0 Å². The Morgan fingerprint density at radius 1 is 1.20 bits per heavy atom. The molecule has 0 saturated heterocycles. The normalized spacial score (nSPS) is 10.3. The second-order valence-corrected chi connectivity index (χ2v) is 3.57. The molecule has 4 nitrogen and oxygen atoms in total. The number of nitrogens with zero attached hydrogens (tertiary/aromatic N) is 1. The van der Waals surface area contributed by atoms with Crippen LogP contribution in [0.4, 0.5) is 5.69 Å². The van der Waals surface area contributed by atoms with E-state index >= 15 is 0 Å². The minimum absolute atomic E-state index is 0.553. The van der Waals surface area contributed by atoms with Crippen molar-refractivity contribution in [2.75, 3.05) is 5.73 Å². The third-order valence-electron chi connectivity index (χ3n) is 1.98. The van der Waals surface area contributed by atoms with Crippen LogP contribution in [0.15, 0.2) is 24.3 Å². The van der Waals surface area contributed by atoms with Crippen LogP contribution in [-0.2, 0) is 0 Å². The van der Waals surface area contributed by atoms with Crippen LogP contribution < -0.4 is 10.5 Å². The molecule has 1 aromatic heterocycles. The first-order valence-corrected chi connectivity index (χ1v) is 4.70. The van der Waals surface area contributed by atoms with E-state index < -0.39 is 0 Å². The predicted octanol–water partition coefficient (Wildman–Crippen LogP) is 2.40. The molecular weight excluding hydrogens is 190 g/mol. The number of aromatic nitrogens is 2. The maximum Gasteiger partial charge on any atom is 0.238 e. The van der Waals surface area contributed by atoms with Gasteiger partial charge in [0.25, 0.3) is 0 Å². The smallest absolute Gasteiger partial charge is 0.238 e. The fourth-order valence-electron chi connectivity index (χ4n) is 1.40. The lowest BCUT2D eigenvalue weighted by Crippen LogP contribution is -1.89. The molecule has 0 saturated carbocycles. The van der Waals surface area contributed by atoms with Crippen molar-refractivity contribution < 1.29 is 4.74 Å². The minimum atomic E-state index is 0.553. The number of nitrogens with two attached hydrogens (primary N) is 1. The van der Waals surface area contributed by atoms with Crippen molar-refractivity contribution in [1.29, 1.82) is 0 Å². The molecule has 15 heavy (non-hydrogen) atoms. The van der Waals surface area contributed by atoms with Crippen molar-refractivity contribution in [3.63, 3.8) is 0 Å². The molecule has 0 fully saturated rings. The summed E-state index contributed by atoms with van der Waals surface area (Å²) in [5.74, 6) is 1.26. The third-order valence-corrected chi connectivity index (χ3v) is 1.98. The molecule has 0 amide bonds. The third kappa shape index (κ3) is 2.28. The standard InChI is InChI=1S/C11H13N3O/c1-7-3-9(12)6-10(4-7)15-11-5-8(2)13-14-11/h3-6H,12H2,1-2H3,(H,13,14). The van der Waals surface area contributed by atoms with Gasteiger partial charge in [-0.1, -0.05) is 0 Å². The van der Waals surface area contributed by atoms with E-state index in [1.54, 1.807) is 6.07 Å². The minimum Gasteiger partial charge on any atom is -0.437 e. The van der Waals surface area contributed by atoms with Crippen molar-refractivity contribution >= 4 is 5.69 Å². The molecule has 2 rings (SSSR count). The highest BCUT2D eigenvalue weighted by Crippen LogP contribution is 2.23. The number of benzene rings is 1. The molecule has 0 atom stereocenters. The lowest BCUT2D eigenvalue weighted by atomic mass is 10.2. The lowest BCUT2D eigenvalue weighted by Gasteiger charge is -2.04. The summed E-state index contributed by atoms with van der Waals surface area (Å²) in [7, 11) is 0. The highest BCUT2D eigenvalue weighted by molar-refractivity contribution is 5.48. The zero-order valence-electron chi connectivity index (χ0n) is 8.74. The summed E-state index contributed by atoms with van der Waals surface area (Å²) in [6, 6.07) is 7.42. The summed E-state index contributed by atoms with van der Waals surface area (Å²) in [4.78, 5) is 0. The van der Waals surface area contributed by atoms with E-state index in [1.165, 1.54) is 0 Å². The molecule has 0 radical (unpaired) electrons. The SMILES string of the molecule is Cc1cc(N)cc(Oc2cc(C)[nH]n2)c1. The van der Waals surface area contributed by atoms with E-state index in [4.69, 9.17) is 10.5 Å². The Morgan fingerprint density at radius 2 is 2.00 bits per heavy atom. The highest BCUT2D eigenvalue weighted by atomic mass is 16.5. The monoisotopic (exact) mass is 203 g/mol. The van der Waals surface area contributed by atoms with Crippen LogP contribution in [0.1, 0.15) is 11.3 Å². The Kier molecular flexibility index (Phi) is 2.33. The number of nitrogens with one attached hydrogen (secondary N) is 1. The summed E-state index contributed by atoms with van der Waals surface area (Å²) in [6.07, 6.45) is 0. The van der Waals surface area contributed by atoms with Crippen LogP contribution in [0, 0.1) is 13.8 Å². The second kappa shape index (κ2) is 3.65. The van der Waals surface area contributed by atoms with Gasteiger partial charge < -0.3 is 10.5 Å². The van der Waals surface area contributed by atoms with Crippen molar-refractivity contribution in [2.45, 2.75) is 13.8 Å². The maximum absolute atomic E-state index is 5.71. The summed E-state index contributed by atoms with van der Waals surface area (Å²) >= 11 is 0. The molecule has 0 aliphatic rings. The van der Waals surface area contributed by atoms with Crippen molar-refractivity contribution in [2.24, 2.45) is 0 Å². The number of rotatable bonds is 2. The predicted molar refractivity (Wildman–Crippen MR) is 59.0 cm³/mol. The topological polar surface area (TPSA) is 63.9 Å². The van der Waals surface area contributed by atoms with Crippen molar-refractivity contribution in [3.05, 3.63) is 35.5 Å². The average molecular weight is 203 g/mol. The number of ether oxygens (including phenoxy) is 1. The Labute approximate surface area is 88.1 Å². The maximum atomic E-state index is 5.71. The Bertz CT molecular complexity index is 456. The summed E-state index contributed by atoms with van der Waals surface area (Å²) in [5.41, 5.74) is 8.43. The van der Waals surface area contributed by atoms with E-state index in [-0.39, 0.29) is 0 Å². The number of nitrogen functional groups attached to an aromatic ring is 1. The fourth-order valence-corrected chi connectivity index (χ4v) is 1.40. The van der Waals surface area contributed by atoms with E-state index in [0.29, 0.717) is 17.3 Å². The molecule has 0 unspecified atom stereocenters. The van der Waals surface area contributed by atoms with E-state index in [1.807, 2.05) is 32.0 Å². The number of hydrogen-bond acceptors (Lipinski definition) is 3. The van der Waals surface area contributed by atoms with Crippen LogP contribution in [0.25, 0.3) is 0 Å². The fraction of sp³-hybridized carbons (Fsp3) is 0.182. The van der Waals surface area contributed by atoms with E-state index in [0.717, 1.165) is 11.3 Å². The Hall–Kier alpha value is -1.97. The summed E-state index contributed by atoms with van der Waals surface area (Å²) < 4.78 is 5.54. The van der Waals surface area contributed by atoms with Crippen LogP contribution in [0.5, 0.6) is 11.6 Å². The molecule has 0 aliphatic carbocycles. The van der Waals surface area contributed by atoms with Crippen LogP contribution in [0.2, 0.25) is 0 Å². The summed E-state index contributed by atoms with van der Waals surface area (Å²) in [5, 5.41) is 6.79. The molecule has 1 aromatic carbocycles. The first-order valence-electron chi connectivity index (χ1n) is 4.70. The number of aryl methyl sites for hydroxylation is 2. The molecule has 0 spiro atoms. The first kappa shape index (κ1) is 9.58. The van der Waals surface area contributed by atoms with Gasteiger partial charge in [-0.25, -0.2) is 0 Å². The van der Waals surface area contributed by atoms with Crippen molar-refractivity contribution in [1.82, 2.24) is 10.2 Å². The van der Waals surface area contributed by atoms with Crippen LogP contribution in [0.3, 0.4) is 0 Å². The second-order valence-electron chi connectivity index (χ2n) is 3.57. The van der Waals surface area contributed by atoms with Gasteiger partial charge in [-0.3, -0.25) is 5.10 Å². The van der Waals surface area contributed by atoms with E-state index in [2.05, 4.69) is 10.2 Å². The molecule has 2 aromatic rings. The van der Waals surface area contributed by atoms with Gasteiger partial charge in [0, 0.05) is 23.5 Å². The molecule has 3 N–H and O–H groups in total. The van der Waals surface area contributed by atoms with Gasteiger partial charge in [0.2, 0.25) is 5.88 Å². The molecule has 1 heterocycles. The van der Waals surface area contributed by atoms with Crippen LogP contribution in [-0.4, -0.2) is 10.2 Å². The Balaban J connectivity index is 2.24. The lowest BCUT2D eigenvalue weighted by molar-refractivity contribution is 0.461. The highest BCUT2D eigenvalue weighted by Gasteiger charge is 2.02. The number of hydrogen-bond donors (Lipinski definition) is 2. The van der Waals surface area contributed by atoms with Gasteiger partial charge >= 0.3 is 0 Å². The van der Waals surface area contributed by atoms with Gasteiger partial charge in [0.05, 0.1) is 0 Å². The Morgan fingerprint density at radius 3 is 2.60 bits per heavy atom. The summed E-state index contributed by atoms with van der Waals surface area (Å²) in [6.45, 7) is 3.89. The zero-order valence-corrected chi connectivity index (χ0v) is 8.74. The number of aromatic amines is 1. The molecule has 4 heteroatoms. The number of anilines is 1. The van der Waals surface area contributed by atoms with Gasteiger partial charge in [-0.2, -0.15) is 0 Å². The molecular formula is C11H13N3O. The van der Waals surface area contributed by atoms with Gasteiger partial charge in [-0.15, -0.1) is 5.10 Å². The largest absolute Gasteiger partial charge is 0.437 e. The average Bonchev–Trinajstić information content (AvgIpc) is 2.49. The molecule has 0 aliphatic heterocycles. The molecule has 78 valence electrons. The van der Waals surface area contributed by atoms with Gasteiger partial charge in [0.15, 0.2) is 0 Å². The van der Waals surface area contributed by atoms with Crippen molar-refractivity contribution in [3.8, 4) is 11.6 Å². The molecule has 0 bridgehead atoms.